The molecule has 1 saturated heterocycles. The highest BCUT2D eigenvalue weighted by Gasteiger charge is 2.51. The fourth-order valence-electron chi connectivity index (χ4n) is 3.63. The zero-order chi connectivity index (χ0) is 29.5. The maximum atomic E-state index is 9.18. The topological polar surface area (TPSA) is 18.5 Å². The van der Waals surface area contributed by atoms with Gasteiger partial charge in [-0.25, -0.2) is 0 Å². The van der Waals surface area contributed by atoms with E-state index in [1.54, 1.807) is 36.4 Å². The van der Waals surface area contributed by atoms with Crippen LogP contribution in [0.1, 0.15) is 40.0 Å². The van der Waals surface area contributed by atoms with Gasteiger partial charge in [-0.05, 0) is 78.3 Å². The van der Waals surface area contributed by atoms with E-state index in [0.29, 0.717) is 21.9 Å². The van der Waals surface area contributed by atoms with Crippen LogP contribution in [0.4, 0.5) is 0 Å². The summed E-state index contributed by atoms with van der Waals surface area (Å²) in [6, 6.07) is 7.01. The van der Waals surface area contributed by atoms with Gasteiger partial charge >= 0.3 is 7.12 Å². The van der Waals surface area contributed by atoms with E-state index < -0.39 is 42.5 Å². The van der Waals surface area contributed by atoms with E-state index in [0.717, 1.165) is 0 Å². The molecule has 3 heteroatoms. The average Bonchev–Trinajstić information content (AvgIpc) is 3.11. The van der Waals surface area contributed by atoms with Crippen molar-refractivity contribution in [1.82, 2.24) is 0 Å². The highest BCUT2D eigenvalue weighted by Crippen LogP contribution is 2.37. The smallest absolute Gasteiger partial charge is 0.399 e. The van der Waals surface area contributed by atoms with Crippen molar-refractivity contribution in [2.75, 3.05) is 0 Å². The second-order valence-electron chi connectivity index (χ2n) is 8.62. The Balaban J connectivity index is 1.85. The first kappa shape index (κ1) is 12.2. The van der Waals surface area contributed by atoms with Gasteiger partial charge in [0, 0.05) is 0 Å². The van der Waals surface area contributed by atoms with Crippen molar-refractivity contribution >= 4 is 23.4 Å². The van der Waals surface area contributed by atoms with Crippen LogP contribution in [0.5, 0.6) is 0 Å². The van der Waals surface area contributed by atoms with Gasteiger partial charge in [0.2, 0.25) is 0 Å². The molecule has 1 aliphatic rings. The fraction of sp³-hybridized carbons (Fsp3) is 0.214. The van der Waals surface area contributed by atoms with E-state index in [9.17, 15) is 1.37 Å². The van der Waals surface area contributed by atoms with Crippen molar-refractivity contribution in [2.45, 2.75) is 38.9 Å². The zero-order valence-electron chi connectivity index (χ0n) is 26.9. The van der Waals surface area contributed by atoms with Crippen molar-refractivity contribution < 1.29 is 21.6 Å². The molecule has 4 aromatic rings. The van der Waals surface area contributed by atoms with Crippen LogP contribution in [-0.4, -0.2) is 18.3 Å². The molecule has 0 aromatic heterocycles. The lowest BCUT2D eigenvalue weighted by Crippen LogP contribution is -2.41. The summed E-state index contributed by atoms with van der Waals surface area (Å²) in [5.41, 5.74) is -0.754. The summed E-state index contributed by atoms with van der Waals surface area (Å²) in [6.07, 6.45) is 0. The van der Waals surface area contributed by atoms with Gasteiger partial charge in [0.1, 0.15) is 0 Å². The van der Waals surface area contributed by atoms with Crippen LogP contribution in [0.3, 0.4) is 0 Å². The van der Waals surface area contributed by atoms with E-state index in [4.69, 9.17) is 20.3 Å². The van der Waals surface area contributed by atoms with Gasteiger partial charge in [-0.15, -0.1) is 0 Å². The number of hydrogen-bond donors (Lipinski definition) is 0. The Morgan fingerprint density at radius 3 is 2.16 bits per heavy atom. The predicted molar refractivity (Wildman–Crippen MR) is 131 cm³/mol. The van der Waals surface area contributed by atoms with Gasteiger partial charge in [0.15, 0.2) is 0 Å². The molecule has 0 spiro atoms. The summed E-state index contributed by atoms with van der Waals surface area (Å²) in [6.45, 7) is 7.38. The Morgan fingerprint density at radius 1 is 0.742 bits per heavy atom. The normalized spacial score (nSPS) is 21.3. The largest absolute Gasteiger partial charge is 0.494 e. The Bertz CT molecular complexity index is 1670. The van der Waals surface area contributed by atoms with Gasteiger partial charge in [0.05, 0.1) is 23.5 Å². The van der Waals surface area contributed by atoms with Crippen LogP contribution >= 0.6 is 0 Å². The molecular formula is C28H27BO2. The molecule has 0 amide bonds. The Kier molecular flexibility index (Phi) is 2.91. The van der Waals surface area contributed by atoms with Crippen molar-refractivity contribution in [3.8, 4) is 22.3 Å². The molecule has 1 aliphatic heterocycles. The quantitative estimate of drug-likeness (QED) is 0.357. The maximum Gasteiger partial charge on any atom is 0.494 e. The van der Waals surface area contributed by atoms with Gasteiger partial charge in [-0.1, -0.05) is 78.6 Å². The molecular weight excluding hydrogens is 379 g/mol. The highest BCUT2D eigenvalue weighted by atomic mass is 16.7. The third-order valence-electron chi connectivity index (χ3n) is 6.05. The number of benzene rings is 4. The second kappa shape index (κ2) is 7.37. The highest BCUT2D eigenvalue weighted by molar-refractivity contribution is 6.62. The minimum Gasteiger partial charge on any atom is -0.399 e. The number of rotatable bonds is 3. The summed E-state index contributed by atoms with van der Waals surface area (Å²) in [7, 11) is -1.11. The van der Waals surface area contributed by atoms with E-state index in [2.05, 4.69) is 0 Å². The molecule has 5 rings (SSSR count). The van der Waals surface area contributed by atoms with Crippen LogP contribution in [0, 0.1) is 0 Å². The van der Waals surface area contributed by atoms with Crippen LogP contribution < -0.4 is 5.46 Å². The van der Waals surface area contributed by atoms with E-state index in [-0.39, 0.29) is 46.8 Å². The van der Waals surface area contributed by atoms with Gasteiger partial charge < -0.3 is 9.31 Å². The van der Waals surface area contributed by atoms with Gasteiger partial charge in [-0.3, -0.25) is 0 Å². The first-order valence-electron chi connectivity index (χ1n) is 14.7. The Morgan fingerprint density at radius 2 is 1.42 bits per heavy atom. The molecule has 4 aromatic carbocycles. The van der Waals surface area contributed by atoms with Crippen LogP contribution in [0.25, 0.3) is 33.0 Å². The first-order chi connectivity index (χ1) is 18.6. The fourth-order valence-corrected chi connectivity index (χ4v) is 3.63. The summed E-state index contributed by atoms with van der Waals surface area (Å²) < 4.78 is 88.7. The standard InChI is InChI=1S/C28H27BO2/c1-27(2)28(3,4)31-29(30-27)24-15-10-14-22(18-24)26-19-23(20-11-6-5-7-12-20)17-21-13-8-9-16-25(21)26/h5-19H,1-4H3/i5D,6D,7D,10D,11D,12D,14D,15D,18D. The molecule has 0 aliphatic carbocycles. The number of hydrogen-bond acceptors (Lipinski definition) is 2. The van der Waals surface area contributed by atoms with Crippen LogP contribution in [0.2, 0.25) is 0 Å². The van der Waals surface area contributed by atoms with Crippen LogP contribution in [0.15, 0.2) is 90.8 Å². The Labute approximate surface area is 197 Å². The van der Waals surface area contributed by atoms with Crippen molar-refractivity contribution in [3.05, 3.63) is 90.8 Å². The van der Waals surface area contributed by atoms with E-state index in [1.165, 1.54) is 0 Å². The molecule has 1 heterocycles. The Hall–Kier alpha value is -2.88. The molecule has 1 fully saturated rings. The third-order valence-corrected chi connectivity index (χ3v) is 6.05. The molecule has 0 unspecified atom stereocenters. The lowest BCUT2D eigenvalue weighted by molar-refractivity contribution is 0.00578. The third kappa shape index (κ3) is 3.58. The SMILES string of the molecule is [2H]c1c([2H])c([2H])c(-c2cc(-c3c([2H])c([2H])c([2H])c(B4OC(C)(C)C(C)(C)O4)c3[2H])c3ccccc3c2)c([2H])c1[2H]. The average molecular weight is 415 g/mol. The lowest BCUT2D eigenvalue weighted by Gasteiger charge is -2.32. The monoisotopic (exact) mass is 415 g/mol. The van der Waals surface area contributed by atoms with E-state index in [1.807, 2.05) is 27.7 Å². The molecule has 0 atom stereocenters. The van der Waals surface area contributed by atoms with Crippen molar-refractivity contribution in [1.29, 1.82) is 0 Å². The van der Waals surface area contributed by atoms with E-state index >= 15 is 0 Å². The summed E-state index contributed by atoms with van der Waals surface area (Å²) in [5.74, 6) is 0. The first-order valence-corrected chi connectivity index (χ1v) is 10.2. The van der Waals surface area contributed by atoms with Crippen LogP contribution in [-0.2, 0) is 9.31 Å². The molecule has 0 radical (unpaired) electrons. The minimum absolute atomic E-state index is 0.00884. The molecule has 0 saturated carbocycles. The molecule has 154 valence electrons. The molecule has 0 bridgehead atoms. The predicted octanol–water partition coefficient (Wildman–Crippen LogP) is 6.47. The summed E-state index contributed by atoms with van der Waals surface area (Å²) in [4.78, 5) is 0. The van der Waals surface area contributed by atoms with Gasteiger partial charge in [-0.2, -0.15) is 0 Å². The van der Waals surface area contributed by atoms with Crippen molar-refractivity contribution in [2.24, 2.45) is 0 Å². The summed E-state index contributed by atoms with van der Waals surface area (Å²) >= 11 is 0. The maximum absolute atomic E-state index is 9.18. The second-order valence-corrected chi connectivity index (χ2v) is 8.62. The number of fused-ring (bicyclic) bond motifs is 1. The summed E-state index contributed by atoms with van der Waals surface area (Å²) in [5, 5.41) is 1.29. The zero-order valence-corrected chi connectivity index (χ0v) is 17.9. The minimum atomic E-state index is -1.11. The molecule has 2 nitrogen and oxygen atoms in total. The molecule has 31 heavy (non-hydrogen) atoms. The van der Waals surface area contributed by atoms with Gasteiger partial charge in [0.25, 0.3) is 0 Å². The molecule has 0 N–H and O–H groups in total. The lowest BCUT2D eigenvalue weighted by atomic mass is 9.77. The van der Waals surface area contributed by atoms with Crippen molar-refractivity contribution in [3.63, 3.8) is 0 Å².